The predicted molar refractivity (Wildman–Crippen MR) is 104 cm³/mol. The van der Waals surface area contributed by atoms with Crippen LogP contribution in [0.2, 0.25) is 5.02 Å². The monoisotopic (exact) mass is 411 g/mol. The highest BCUT2D eigenvalue weighted by molar-refractivity contribution is 8.01. The molecule has 2 aromatic rings. The van der Waals surface area contributed by atoms with Crippen LogP contribution in [-0.4, -0.2) is 32.9 Å². The highest BCUT2D eigenvalue weighted by atomic mass is 35.5. The minimum Gasteiger partial charge on any atom is -0.495 e. The van der Waals surface area contributed by atoms with E-state index in [2.05, 4.69) is 0 Å². The third-order valence-electron chi connectivity index (χ3n) is 4.13. The van der Waals surface area contributed by atoms with Crippen LogP contribution in [-0.2, 0) is 21.2 Å². The molecule has 0 aromatic heterocycles. The summed E-state index contributed by atoms with van der Waals surface area (Å²) in [5.74, 6) is 0.491. The zero-order valence-electron chi connectivity index (χ0n) is 14.5. The maximum absolute atomic E-state index is 12.7. The van der Waals surface area contributed by atoms with Gasteiger partial charge in [0, 0.05) is 17.2 Å². The molecule has 0 spiro atoms. The Morgan fingerprint density at radius 2 is 1.88 bits per heavy atom. The number of hydrogen-bond donors (Lipinski definition) is 0. The number of carbonyl (C=O) groups excluding carboxylic acids is 1. The Balaban J connectivity index is 1.98. The summed E-state index contributed by atoms with van der Waals surface area (Å²) in [6.07, 6.45) is 1.17. The van der Waals surface area contributed by atoms with Gasteiger partial charge < -0.3 is 9.64 Å². The van der Waals surface area contributed by atoms with Gasteiger partial charge in [-0.3, -0.25) is 4.79 Å². The second kappa shape index (κ2) is 7.13. The van der Waals surface area contributed by atoms with Crippen LogP contribution < -0.4 is 9.64 Å². The van der Waals surface area contributed by atoms with E-state index in [1.807, 2.05) is 13.0 Å². The predicted octanol–water partition coefficient (Wildman–Crippen LogP) is 3.78. The van der Waals surface area contributed by atoms with Gasteiger partial charge in [-0.05, 0) is 30.7 Å². The first-order chi connectivity index (χ1) is 12.2. The molecule has 1 heterocycles. The van der Waals surface area contributed by atoms with Gasteiger partial charge in [-0.25, -0.2) is 8.42 Å². The number of nitrogens with zero attached hydrogens (tertiary/aromatic N) is 1. The van der Waals surface area contributed by atoms with Gasteiger partial charge in [0.2, 0.25) is 5.91 Å². The van der Waals surface area contributed by atoms with Gasteiger partial charge in [-0.2, -0.15) is 0 Å². The van der Waals surface area contributed by atoms with E-state index < -0.39 is 9.84 Å². The second-order valence-electron chi connectivity index (χ2n) is 6.06. The number of sulfone groups is 1. The third kappa shape index (κ3) is 3.70. The average molecular weight is 412 g/mol. The van der Waals surface area contributed by atoms with E-state index in [1.165, 1.54) is 25.1 Å². The Morgan fingerprint density at radius 1 is 1.23 bits per heavy atom. The van der Waals surface area contributed by atoms with E-state index in [0.29, 0.717) is 17.3 Å². The summed E-state index contributed by atoms with van der Waals surface area (Å²) in [6.45, 7) is 2.19. The summed E-state index contributed by atoms with van der Waals surface area (Å²) in [4.78, 5) is 15.6. The molecule has 2 aromatic carbocycles. The van der Waals surface area contributed by atoms with Crippen LogP contribution >= 0.6 is 23.4 Å². The number of fused-ring (bicyclic) bond motifs is 1. The molecular weight excluding hydrogens is 394 g/mol. The van der Waals surface area contributed by atoms with E-state index in [4.69, 9.17) is 16.3 Å². The van der Waals surface area contributed by atoms with Gasteiger partial charge in [0.25, 0.3) is 0 Å². The lowest BCUT2D eigenvalue weighted by atomic mass is 10.1. The van der Waals surface area contributed by atoms with Gasteiger partial charge in [0.1, 0.15) is 5.75 Å². The van der Waals surface area contributed by atoms with E-state index >= 15 is 0 Å². The van der Waals surface area contributed by atoms with Crippen molar-refractivity contribution in [3.8, 4) is 5.75 Å². The summed E-state index contributed by atoms with van der Waals surface area (Å²) in [7, 11) is -1.72. The van der Waals surface area contributed by atoms with Crippen molar-refractivity contribution < 1.29 is 17.9 Å². The molecule has 0 saturated carbocycles. The molecule has 0 bridgehead atoms. The van der Waals surface area contributed by atoms with Crippen LogP contribution in [0.3, 0.4) is 0 Å². The smallest absolute Gasteiger partial charge is 0.240 e. The molecule has 1 amide bonds. The molecule has 3 rings (SSSR count). The summed E-state index contributed by atoms with van der Waals surface area (Å²) in [5, 5.41) is 0.264. The summed E-state index contributed by atoms with van der Waals surface area (Å²) < 4.78 is 28.5. The highest BCUT2D eigenvalue weighted by Crippen LogP contribution is 2.44. The molecule has 0 N–H and O–H groups in total. The Kier molecular flexibility index (Phi) is 5.23. The fourth-order valence-electron chi connectivity index (χ4n) is 2.75. The number of carbonyl (C=O) groups is 1. The SMILES string of the molecule is COc1cc2c(cc1Cl)SC(C)C(=O)N2Cc1ccc(S(C)(=O)=O)cc1. The zero-order valence-corrected chi connectivity index (χ0v) is 16.9. The minimum atomic E-state index is -3.25. The summed E-state index contributed by atoms with van der Waals surface area (Å²) >= 11 is 7.68. The lowest BCUT2D eigenvalue weighted by Crippen LogP contribution is -2.39. The number of benzene rings is 2. The molecule has 1 aliphatic rings. The first-order valence-electron chi connectivity index (χ1n) is 7.85. The second-order valence-corrected chi connectivity index (χ2v) is 9.86. The van der Waals surface area contributed by atoms with Crippen LogP contribution in [0.25, 0.3) is 0 Å². The van der Waals surface area contributed by atoms with Crippen LogP contribution in [0.4, 0.5) is 5.69 Å². The fourth-order valence-corrected chi connectivity index (χ4v) is 4.77. The number of thioether (sulfide) groups is 1. The molecule has 26 heavy (non-hydrogen) atoms. The zero-order chi connectivity index (χ0) is 19.1. The minimum absolute atomic E-state index is 0.0148. The third-order valence-corrected chi connectivity index (χ3v) is 6.69. The molecule has 5 nitrogen and oxygen atoms in total. The Bertz CT molecular complexity index is 958. The standard InChI is InChI=1S/C18H18ClNO4S2/c1-11-18(21)20(10-12-4-6-13(7-5-12)26(3,22)23)15-9-16(24-2)14(19)8-17(15)25-11/h4-9,11H,10H2,1-3H3. The van der Waals surface area contributed by atoms with Gasteiger partial charge in [0.05, 0.1) is 34.5 Å². The van der Waals surface area contributed by atoms with Crippen molar-refractivity contribution in [3.63, 3.8) is 0 Å². The Labute approximate surface area is 162 Å². The van der Waals surface area contributed by atoms with Crippen molar-refractivity contribution in [2.45, 2.75) is 28.5 Å². The van der Waals surface area contributed by atoms with Crippen molar-refractivity contribution in [3.05, 3.63) is 47.0 Å². The molecular formula is C18H18ClNO4S2. The first-order valence-corrected chi connectivity index (χ1v) is 11.0. The van der Waals surface area contributed by atoms with Crippen molar-refractivity contribution in [1.29, 1.82) is 0 Å². The molecule has 0 aliphatic carbocycles. The largest absolute Gasteiger partial charge is 0.495 e. The van der Waals surface area contributed by atoms with Gasteiger partial charge in [0.15, 0.2) is 9.84 Å². The molecule has 0 radical (unpaired) electrons. The molecule has 0 fully saturated rings. The molecule has 8 heteroatoms. The van der Waals surface area contributed by atoms with Crippen molar-refractivity contribution >= 4 is 44.8 Å². The Morgan fingerprint density at radius 3 is 2.46 bits per heavy atom. The number of ether oxygens (including phenoxy) is 1. The van der Waals surface area contributed by atoms with Gasteiger partial charge >= 0.3 is 0 Å². The fraction of sp³-hybridized carbons (Fsp3) is 0.278. The highest BCUT2D eigenvalue weighted by Gasteiger charge is 2.32. The first kappa shape index (κ1) is 19.1. The lowest BCUT2D eigenvalue weighted by molar-refractivity contribution is -0.118. The number of rotatable bonds is 4. The number of amides is 1. The van der Waals surface area contributed by atoms with Gasteiger partial charge in [-0.1, -0.05) is 23.7 Å². The number of hydrogen-bond acceptors (Lipinski definition) is 5. The van der Waals surface area contributed by atoms with Gasteiger partial charge in [-0.15, -0.1) is 11.8 Å². The van der Waals surface area contributed by atoms with E-state index in [9.17, 15) is 13.2 Å². The normalized spacial score (nSPS) is 17.2. The maximum Gasteiger partial charge on any atom is 0.240 e. The molecule has 138 valence electrons. The van der Waals surface area contributed by atoms with E-state index in [1.54, 1.807) is 35.2 Å². The summed E-state index contributed by atoms with van der Waals surface area (Å²) in [6, 6.07) is 10.1. The maximum atomic E-state index is 12.7. The Hall–Kier alpha value is -1.70. The lowest BCUT2D eigenvalue weighted by Gasteiger charge is -2.33. The van der Waals surface area contributed by atoms with Crippen LogP contribution in [0.1, 0.15) is 12.5 Å². The molecule has 1 unspecified atom stereocenters. The van der Waals surface area contributed by atoms with Crippen LogP contribution in [0.15, 0.2) is 46.2 Å². The van der Waals surface area contributed by atoms with Crippen molar-refractivity contribution in [1.82, 2.24) is 0 Å². The average Bonchev–Trinajstić information content (AvgIpc) is 2.58. The molecule has 1 atom stereocenters. The summed E-state index contributed by atoms with van der Waals surface area (Å²) in [5.41, 5.74) is 1.58. The quantitative estimate of drug-likeness (QED) is 0.766. The van der Waals surface area contributed by atoms with Crippen molar-refractivity contribution in [2.24, 2.45) is 0 Å². The van der Waals surface area contributed by atoms with E-state index in [-0.39, 0.29) is 16.1 Å². The number of anilines is 1. The molecule has 1 aliphatic heterocycles. The molecule has 0 saturated heterocycles. The van der Waals surface area contributed by atoms with Crippen LogP contribution in [0.5, 0.6) is 5.75 Å². The van der Waals surface area contributed by atoms with Crippen molar-refractivity contribution in [2.75, 3.05) is 18.3 Å². The number of halogens is 1. The van der Waals surface area contributed by atoms with Crippen LogP contribution in [0, 0.1) is 0 Å². The number of methoxy groups -OCH3 is 1. The topological polar surface area (TPSA) is 63.7 Å². The van der Waals surface area contributed by atoms with E-state index in [0.717, 1.165) is 16.1 Å².